The monoisotopic (exact) mass is 417 g/mol. The molecule has 2 N–H and O–H groups in total. The van der Waals surface area contributed by atoms with Gasteiger partial charge in [-0.05, 0) is 36.8 Å². The molecule has 7 heteroatoms. The third-order valence-electron chi connectivity index (χ3n) is 5.15. The topological polar surface area (TPSA) is 108 Å². The highest BCUT2D eigenvalue weighted by Crippen LogP contribution is 2.42. The van der Waals surface area contributed by atoms with Gasteiger partial charge in [0.1, 0.15) is 17.6 Å². The molecule has 2 heterocycles. The molecule has 31 heavy (non-hydrogen) atoms. The molecule has 1 unspecified atom stereocenters. The van der Waals surface area contributed by atoms with Gasteiger partial charge in [0.25, 0.3) is 11.7 Å². The number of carboxylic acid groups (broad SMARTS) is 1. The first kappa shape index (κ1) is 20.2. The number of aliphatic hydroxyl groups is 1. The predicted molar refractivity (Wildman–Crippen MR) is 112 cm³/mol. The van der Waals surface area contributed by atoms with Gasteiger partial charge in [-0.15, -0.1) is 0 Å². The molecule has 0 bridgehead atoms. The Bertz CT molecular complexity index is 1170. The summed E-state index contributed by atoms with van der Waals surface area (Å²) in [6.45, 7) is 1.90. The van der Waals surface area contributed by atoms with Crippen LogP contribution >= 0.6 is 0 Å². The predicted octanol–water partition coefficient (Wildman–Crippen LogP) is 3.84. The highest BCUT2D eigenvalue weighted by molar-refractivity contribution is 6.51. The lowest BCUT2D eigenvalue weighted by Gasteiger charge is -2.23. The zero-order valence-corrected chi connectivity index (χ0v) is 16.6. The smallest absolute Gasteiger partial charge is 0.307 e. The number of aliphatic carboxylic acids is 1. The van der Waals surface area contributed by atoms with Crippen LogP contribution in [0.2, 0.25) is 0 Å². The minimum absolute atomic E-state index is 0.0709. The molecule has 2 aromatic carbocycles. The summed E-state index contributed by atoms with van der Waals surface area (Å²) in [4.78, 5) is 38.1. The van der Waals surface area contributed by atoms with E-state index >= 15 is 0 Å². The van der Waals surface area contributed by atoms with E-state index in [1.165, 1.54) is 11.2 Å². The van der Waals surface area contributed by atoms with Gasteiger partial charge in [0.15, 0.2) is 0 Å². The van der Waals surface area contributed by atoms with Gasteiger partial charge in [-0.3, -0.25) is 19.3 Å². The molecule has 4 rings (SSSR count). The number of hydrogen-bond acceptors (Lipinski definition) is 5. The second-order valence-corrected chi connectivity index (χ2v) is 7.29. The molecule has 1 atom stereocenters. The van der Waals surface area contributed by atoms with Crippen molar-refractivity contribution in [2.75, 3.05) is 4.90 Å². The number of anilines is 1. The standard InChI is InChI=1S/C24H19NO6/c1-14-4-8-16(9-5-14)22(28)20-21(18-3-2-12-31-18)25(24(30)23(20)29)17-10-6-15(7-11-17)13-19(26)27/h2-12,21,28H,13H2,1H3,(H,26,27)/b22-20-. The molecule has 1 fully saturated rings. The summed E-state index contributed by atoms with van der Waals surface area (Å²) in [5.74, 6) is -2.57. The molecule has 156 valence electrons. The maximum absolute atomic E-state index is 13.0. The van der Waals surface area contributed by atoms with Crippen molar-refractivity contribution in [3.63, 3.8) is 0 Å². The molecule has 3 aromatic rings. The van der Waals surface area contributed by atoms with E-state index in [1.54, 1.807) is 60.7 Å². The molecule has 7 nitrogen and oxygen atoms in total. The Labute approximate surface area is 177 Å². The molecule has 0 radical (unpaired) electrons. The van der Waals surface area contributed by atoms with Gasteiger partial charge in [0.05, 0.1) is 18.3 Å². The minimum atomic E-state index is -0.970. The number of carbonyl (C=O) groups is 3. The zero-order valence-electron chi connectivity index (χ0n) is 16.6. The number of rotatable bonds is 5. The van der Waals surface area contributed by atoms with E-state index in [4.69, 9.17) is 9.52 Å². The van der Waals surface area contributed by atoms with E-state index in [0.29, 0.717) is 22.6 Å². The first-order valence-electron chi connectivity index (χ1n) is 9.59. The number of carbonyl (C=O) groups excluding carboxylic acids is 2. The highest BCUT2D eigenvalue weighted by Gasteiger charge is 2.48. The largest absolute Gasteiger partial charge is 0.507 e. The molecule has 1 amide bonds. The Kier molecular flexibility index (Phi) is 5.17. The lowest BCUT2D eigenvalue weighted by Crippen LogP contribution is -2.29. The number of benzene rings is 2. The van der Waals surface area contributed by atoms with Gasteiger partial charge in [-0.25, -0.2) is 0 Å². The van der Waals surface area contributed by atoms with E-state index in [0.717, 1.165) is 5.56 Å². The average molecular weight is 417 g/mol. The number of nitrogens with zero attached hydrogens (tertiary/aromatic N) is 1. The van der Waals surface area contributed by atoms with Gasteiger partial charge < -0.3 is 14.6 Å². The number of carboxylic acids is 1. The number of aliphatic hydroxyl groups excluding tert-OH is 1. The van der Waals surface area contributed by atoms with E-state index in [-0.39, 0.29) is 17.8 Å². The van der Waals surface area contributed by atoms with Crippen LogP contribution in [0.25, 0.3) is 5.76 Å². The summed E-state index contributed by atoms with van der Waals surface area (Å²) in [7, 11) is 0. The van der Waals surface area contributed by atoms with Gasteiger partial charge >= 0.3 is 5.97 Å². The van der Waals surface area contributed by atoms with Crippen LogP contribution in [0.5, 0.6) is 0 Å². The molecular formula is C24H19NO6. The quantitative estimate of drug-likeness (QED) is 0.371. The van der Waals surface area contributed by atoms with Crippen LogP contribution in [0, 0.1) is 6.92 Å². The number of ketones is 1. The van der Waals surface area contributed by atoms with Crippen molar-refractivity contribution in [2.45, 2.75) is 19.4 Å². The van der Waals surface area contributed by atoms with Crippen LogP contribution < -0.4 is 4.90 Å². The maximum atomic E-state index is 13.0. The van der Waals surface area contributed by atoms with Gasteiger partial charge in [-0.1, -0.05) is 42.0 Å². The SMILES string of the molecule is Cc1ccc(/C(O)=C2/C(=O)C(=O)N(c3ccc(CC(=O)O)cc3)C2c2ccco2)cc1. The molecule has 0 spiro atoms. The fourth-order valence-corrected chi connectivity index (χ4v) is 3.63. The fraction of sp³-hybridized carbons (Fsp3) is 0.125. The van der Waals surface area contributed by atoms with Crippen molar-refractivity contribution in [3.05, 3.63) is 95.0 Å². The van der Waals surface area contributed by atoms with Crippen molar-refractivity contribution in [2.24, 2.45) is 0 Å². The Morgan fingerprint density at radius 3 is 2.26 bits per heavy atom. The minimum Gasteiger partial charge on any atom is -0.507 e. The van der Waals surface area contributed by atoms with Crippen molar-refractivity contribution in [3.8, 4) is 0 Å². The Morgan fingerprint density at radius 1 is 1.00 bits per heavy atom. The summed E-state index contributed by atoms with van der Waals surface area (Å²) in [6, 6.07) is 15.6. The summed E-state index contributed by atoms with van der Waals surface area (Å²) in [5, 5.41) is 19.9. The lowest BCUT2D eigenvalue weighted by atomic mass is 9.98. The summed E-state index contributed by atoms with van der Waals surface area (Å²) < 4.78 is 5.51. The van der Waals surface area contributed by atoms with E-state index in [2.05, 4.69) is 0 Å². The normalized spacial score (nSPS) is 17.8. The maximum Gasteiger partial charge on any atom is 0.307 e. The third kappa shape index (κ3) is 3.73. The number of aryl methyl sites for hydroxylation is 1. The number of furan rings is 1. The van der Waals surface area contributed by atoms with E-state index < -0.39 is 23.7 Å². The van der Waals surface area contributed by atoms with Crippen molar-refractivity contribution < 1.29 is 29.0 Å². The van der Waals surface area contributed by atoms with Gasteiger partial charge in [-0.2, -0.15) is 0 Å². The second kappa shape index (κ2) is 7.95. The second-order valence-electron chi connectivity index (χ2n) is 7.29. The molecular weight excluding hydrogens is 398 g/mol. The zero-order chi connectivity index (χ0) is 22.1. The van der Waals surface area contributed by atoms with Crippen molar-refractivity contribution >= 4 is 29.1 Å². The first-order valence-corrected chi connectivity index (χ1v) is 9.59. The lowest BCUT2D eigenvalue weighted by molar-refractivity contribution is -0.136. The molecule has 1 saturated heterocycles. The van der Waals surface area contributed by atoms with Gasteiger partial charge in [0, 0.05) is 11.3 Å². The highest BCUT2D eigenvalue weighted by atomic mass is 16.4. The summed E-state index contributed by atoms with van der Waals surface area (Å²) in [5.41, 5.74) is 2.28. The van der Waals surface area contributed by atoms with Gasteiger partial charge in [0.2, 0.25) is 0 Å². The summed E-state index contributed by atoms with van der Waals surface area (Å²) >= 11 is 0. The van der Waals surface area contributed by atoms with Crippen LogP contribution in [0.1, 0.15) is 28.5 Å². The van der Waals surface area contributed by atoms with Crippen LogP contribution in [0.15, 0.2) is 76.9 Å². The average Bonchev–Trinajstić information content (AvgIpc) is 3.36. The van der Waals surface area contributed by atoms with Crippen LogP contribution in [-0.4, -0.2) is 27.9 Å². The molecule has 1 aromatic heterocycles. The van der Waals surface area contributed by atoms with E-state index in [9.17, 15) is 19.5 Å². The molecule has 1 aliphatic heterocycles. The first-order chi connectivity index (χ1) is 14.9. The van der Waals surface area contributed by atoms with Crippen molar-refractivity contribution in [1.29, 1.82) is 0 Å². The van der Waals surface area contributed by atoms with Crippen LogP contribution in [0.4, 0.5) is 5.69 Å². The van der Waals surface area contributed by atoms with Crippen molar-refractivity contribution in [1.82, 2.24) is 0 Å². The molecule has 0 aliphatic carbocycles. The van der Waals surface area contributed by atoms with Crippen LogP contribution in [-0.2, 0) is 20.8 Å². The Hall–Kier alpha value is -4.13. The Morgan fingerprint density at radius 2 is 1.68 bits per heavy atom. The number of Topliss-reactive ketones (excluding diaryl/α,β-unsaturated/α-hetero) is 1. The summed E-state index contributed by atoms with van der Waals surface area (Å²) in [6.07, 6.45) is 1.27. The van der Waals surface area contributed by atoms with E-state index in [1.807, 2.05) is 6.92 Å². The molecule has 1 aliphatic rings. The third-order valence-corrected chi connectivity index (χ3v) is 5.15. The van der Waals surface area contributed by atoms with Crippen LogP contribution in [0.3, 0.4) is 0 Å². The molecule has 0 saturated carbocycles. The number of amides is 1. The Balaban J connectivity index is 1.83. The number of hydrogen-bond donors (Lipinski definition) is 2. The fourth-order valence-electron chi connectivity index (χ4n) is 3.63.